The monoisotopic (exact) mass is 475 g/mol. The smallest absolute Gasteiger partial charge is 0.244 e. The zero-order valence-electron chi connectivity index (χ0n) is 19.8. The Morgan fingerprint density at radius 2 is 1.73 bits per heavy atom. The van der Waals surface area contributed by atoms with Crippen LogP contribution in [0, 0.1) is 0 Å². The molecule has 0 bridgehead atoms. The number of ether oxygens (including phenoxy) is 1. The number of nitrogens with one attached hydrogen (secondary N) is 1. The number of hydrogen-bond acceptors (Lipinski definition) is 5. The zero-order chi connectivity index (χ0) is 24.6. The second kappa shape index (κ2) is 11.7. The zero-order valence-corrected chi connectivity index (χ0v) is 20.6. The van der Waals surface area contributed by atoms with Crippen molar-refractivity contribution in [2.45, 2.75) is 45.8 Å². The second-order valence-corrected chi connectivity index (χ2v) is 9.88. The lowest BCUT2D eigenvalue weighted by Gasteiger charge is -2.32. The molecule has 0 aliphatic rings. The van der Waals surface area contributed by atoms with Crippen LogP contribution in [-0.2, 0) is 26.2 Å². The maximum absolute atomic E-state index is 13.4. The van der Waals surface area contributed by atoms with Gasteiger partial charge in [0.2, 0.25) is 21.8 Å². The van der Waals surface area contributed by atoms with E-state index < -0.39 is 28.5 Å². The third-order valence-corrected chi connectivity index (χ3v) is 6.53. The van der Waals surface area contributed by atoms with E-state index in [1.807, 2.05) is 44.2 Å². The normalized spacial score (nSPS) is 13.0. The fourth-order valence-corrected chi connectivity index (χ4v) is 4.05. The first kappa shape index (κ1) is 26.2. The standard InChI is InChI=1S/C24H33N3O5S/c1-6-18(2)25-24(29)19(3)26(16-20-11-8-7-9-12-20)23(28)17-27(33(5,30)31)21-13-10-14-22(15-21)32-4/h7-15,18-19H,6,16-17H2,1-5H3,(H,25,29)/t18-,19+/m0/s1. The van der Waals surface area contributed by atoms with Gasteiger partial charge in [0.15, 0.2) is 0 Å². The summed E-state index contributed by atoms with van der Waals surface area (Å²) in [5.74, 6) is -0.309. The summed E-state index contributed by atoms with van der Waals surface area (Å²) in [7, 11) is -2.30. The van der Waals surface area contributed by atoms with Gasteiger partial charge in [-0.1, -0.05) is 43.3 Å². The van der Waals surface area contributed by atoms with Gasteiger partial charge >= 0.3 is 0 Å². The van der Waals surface area contributed by atoms with E-state index in [1.54, 1.807) is 31.2 Å². The third kappa shape index (κ3) is 7.49. The number of sulfonamides is 1. The lowest BCUT2D eigenvalue weighted by molar-refractivity contribution is -0.139. The number of nitrogens with zero attached hydrogens (tertiary/aromatic N) is 2. The van der Waals surface area contributed by atoms with Gasteiger partial charge < -0.3 is 15.0 Å². The molecule has 33 heavy (non-hydrogen) atoms. The van der Waals surface area contributed by atoms with E-state index in [4.69, 9.17) is 4.74 Å². The summed E-state index contributed by atoms with van der Waals surface area (Å²) < 4.78 is 31.4. The van der Waals surface area contributed by atoms with Crippen molar-refractivity contribution in [3.05, 3.63) is 60.2 Å². The molecule has 180 valence electrons. The third-order valence-electron chi connectivity index (χ3n) is 5.38. The average molecular weight is 476 g/mol. The van der Waals surface area contributed by atoms with Gasteiger partial charge in [-0.15, -0.1) is 0 Å². The van der Waals surface area contributed by atoms with Gasteiger partial charge in [-0.3, -0.25) is 13.9 Å². The number of benzene rings is 2. The maximum atomic E-state index is 13.4. The quantitative estimate of drug-likeness (QED) is 0.539. The van der Waals surface area contributed by atoms with Crippen molar-refractivity contribution < 1.29 is 22.7 Å². The topological polar surface area (TPSA) is 96.0 Å². The Kier molecular flexibility index (Phi) is 9.28. The Morgan fingerprint density at radius 3 is 2.30 bits per heavy atom. The lowest BCUT2D eigenvalue weighted by atomic mass is 10.1. The van der Waals surface area contributed by atoms with Crippen LogP contribution < -0.4 is 14.4 Å². The van der Waals surface area contributed by atoms with Gasteiger partial charge in [0, 0.05) is 18.7 Å². The molecule has 0 saturated carbocycles. The number of anilines is 1. The second-order valence-electron chi connectivity index (χ2n) is 7.97. The highest BCUT2D eigenvalue weighted by Crippen LogP contribution is 2.23. The average Bonchev–Trinajstić information content (AvgIpc) is 2.80. The first-order valence-electron chi connectivity index (χ1n) is 10.8. The van der Waals surface area contributed by atoms with Gasteiger partial charge in [-0.25, -0.2) is 8.42 Å². The molecule has 0 fully saturated rings. The number of carbonyl (C=O) groups excluding carboxylic acids is 2. The number of carbonyl (C=O) groups is 2. The fraction of sp³-hybridized carbons (Fsp3) is 0.417. The lowest BCUT2D eigenvalue weighted by Crippen LogP contribution is -2.52. The predicted octanol–water partition coefficient (Wildman–Crippen LogP) is 2.79. The van der Waals surface area contributed by atoms with Crippen molar-refractivity contribution in [1.29, 1.82) is 0 Å². The summed E-state index contributed by atoms with van der Waals surface area (Å²) in [4.78, 5) is 27.7. The van der Waals surface area contributed by atoms with Crippen LogP contribution in [0.15, 0.2) is 54.6 Å². The largest absolute Gasteiger partial charge is 0.497 e. The number of amides is 2. The highest BCUT2D eigenvalue weighted by Gasteiger charge is 2.30. The van der Waals surface area contributed by atoms with Crippen LogP contribution in [0.25, 0.3) is 0 Å². The van der Waals surface area contributed by atoms with E-state index in [1.165, 1.54) is 12.0 Å². The Balaban J connectivity index is 2.37. The van der Waals surface area contributed by atoms with E-state index >= 15 is 0 Å². The van der Waals surface area contributed by atoms with Gasteiger partial charge in [0.1, 0.15) is 18.3 Å². The summed E-state index contributed by atoms with van der Waals surface area (Å²) in [5.41, 5.74) is 1.14. The first-order valence-corrected chi connectivity index (χ1v) is 12.7. The molecule has 8 nitrogen and oxygen atoms in total. The molecule has 0 aliphatic carbocycles. The molecule has 0 saturated heterocycles. The maximum Gasteiger partial charge on any atom is 0.244 e. The highest BCUT2D eigenvalue weighted by molar-refractivity contribution is 7.92. The van der Waals surface area contributed by atoms with Crippen molar-refractivity contribution in [1.82, 2.24) is 10.2 Å². The molecule has 2 amide bonds. The van der Waals surface area contributed by atoms with Crippen LogP contribution in [0.2, 0.25) is 0 Å². The minimum absolute atomic E-state index is 0.0436. The fourth-order valence-electron chi connectivity index (χ4n) is 3.21. The molecular formula is C24H33N3O5S. The number of rotatable bonds is 11. The summed E-state index contributed by atoms with van der Waals surface area (Å²) >= 11 is 0. The SMILES string of the molecule is CC[C@H](C)NC(=O)[C@@H](C)N(Cc1ccccc1)C(=O)CN(c1cccc(OC)c1)S(C)(=O)=O. The highest BCUT2D eigenvalue weighted by atomic mass is 32.2. The summed E-state index contributed by atoms with van der Waals surface area (Å²) in [5, 5.41) is 2.90. The molecule has 2 atom stereocenters. The molecule has 0 radical (unpaired) electrons. The molecule has 0 spiro atoms. The summed E-state index contributed by atoms with van der Waals surface area (Å²) in [6.07, 6.45) is 1.79. The van der Waals surface area contributed by atoms with E-state index in [2.05, 4.69) is 5.32 Å². The van der Waals surface area contributed by atoms with Gasteiger partial charge in [-0.2, -0.15) is 0 Å². The van der Waals surface area contributed by atoms with Crippen LogP contribution in [0.4, 0.5) is 5.69 Å². The van der Waals surface area contributed by atoms with Crippen LogP contribution in [0.5, 0.6) is 5.75 Å². The molecule has 9 heteroatoms. The first-order chi connectivity index (χ1) is 15.6. The van der Waals surface area contributed by atoms with Crippen LogP contribution >= 0.6 is 0 Å². The van der Waals surface area contributed by atoms with Crippen molar-refractivity contribution in [3.63, 3.8) is 0 Å². The molecule has 1 N–H and O–H groups in total. The Morgan fingerprint density at radius 1 is 1.06 bits per heavy atom. The Hall–Kier alpha value is -3.07. The van der Waals surface area contributed by atoms with E-state index in [0.717, 1.165) is 22.5 Å². The van der Waals surface area contributed by atoms with Crippen LogP contribution in [0.1, 0.15) is 32.8 Å². The molecule has 2 rings (SSSR count). The Labute approximate surface area is 196 Å². The summed E-state index contributed by atoms with van der Waals surface area (Å²) in [6.45, 7) is 5.22. The van der Waals surface area contributed by atoms with E-state index in [-0.39, 0.29) is 18.5 Å². The van der Waals surface area contributed by atoms with Crippen molar-refractivity contribution in [2.75, 3.05) is 24.2 Å². The molecule has 2 aromatic rings. The van der Waals surface area contributed by atoms with Gasteiger partial charge in [0.25, 0.3) is 0 Å². The molecule has 0 heterocycles. The van der Waals surface area contributed by atoms with Gasteiger partial charge in [0.05, 0.1) is 19.1 Å². The van der Waals surface area contributed by atoms with Gasteiger partial charge in [-0.05, 0) is 38.0 Å². The molecule has 0 aromatic heterocycles. The number of hydrogen-bond donors (Lipinski definition) is 1. The molecule has 2 aromatic carbocycles. The summed E-state index contributed by atoms with van der Waals surface area (Å²) in [6, 6.07) is 14.9. The molecule has 0 aliphatic heterocycles. The predicted molar refractivity (Wildman–Crippen MR) is 130 cm³/mol. The van der Waals surface area contributed by atoms with Crippen molar-refractivity contribution in [3.8, 4) is 5.75 Å². The van der Waals surface area contributed by atoms with Crippen molar-refractivity contribution >= 4 is 27.5 Å². The minimum Gasteiger partial charge on any atom is -0.497 e. The molecular weight excluding hydrogens is 442 g/mol. The minimum atomic E-state index is -3.78. The Bertz CT molecular complexity index is 1040. The van der Waals surface area contributed by atoms with E-state index in [9.17, 15) is 18.0 Å². The number of methoxy groups -OCH3 is 1. The molecule has 0 unspecified atom stereocenters. The van der Waals surface area contributed by atoms with Crippen LogP contribution in [-0.4, -0.2) is 57.1 Å². The van der Waals surface area contributed by atoms with Crippen LogP contribution in [0.3, 0.4) is 0 Å². The van der Waals surface area contributed by atoms with E-state index in [0.29, 0.717) is 11.4 Å². The van der Waals surface area contributed by atoms with Crippen molar-refractivity contribution in [2.24, 2.45) is 0 Å².